The van der Waals surface area contributed by atoms with Gasteiger partial charge >= 0.3 is 0 Å². The lowest BCUT2D eigenvalue weighted by Crippen LogP contribution is -2.24. The zero-order valence-electron chi connectivity index (χ0n) is 6.94. The zero-order chi connectivity index (χ0) is 9.14. The smallest absolute Gasteiger partial charge is 0.0706 e. The fourth-order valence-electron chi connectivity index (χ4n) is 0.956. The monoisotopic (exact) mass is 167 g/mol. The van der Waals surface area contributed by atoms with Crippen molar-refractivity contribution in [2.75, 3.05) is 5.73 Å². The molecule has 0 aliphatic rings. The molecular formula is C8H13N3O. The molecule has 5 N–H and O–H groups in total. The maximum atomic E-state index is 9.19. The minimum absolute atomic E-state index is 0.460. The van der Waals surface area contributed by atoms with Gasteiger partial charge in [0.05, 0.1) is 12.1 Å². The molecule has 1 aromatic rings. The molecule has 0 spiro atoms. The third-order valence-corrected chi connectivity index (χ3v) is 1.77. The Balaban J connectivity index is 2.94. The molecule has 66 valence electrons. The van der Waals surface area contributed by atoms with Crippen molar-refractivity contribution < 1.29 is 5.11 Å². The molecule has 4 heteroatoms. The molecule has 0 amide bonds. The van der Waals surface area contributed by atoms with Gasteiger partial charge in [-0.2, -0.15) is 0 Å². The van der Waals surface area contributed by atoms with Crippen LogP contribution in [0, 0.1) is 0 Å². The summed E-state index contributed by atoms with van der Waals surface area (Å²) in [6.07, 6.45) is 2.55. The number of aromatic nitrogens is 1. The number of anilines is 1. The lowest BCUT2D eigenvalue weighted by atomic mass is 10.0. The first-order valence-electron chi connectivity index (χ1n) is 3.76. The van der Waals surface area contributed by atoms with Crippen LogP contribution < -0.4 is 11.5 Å². The van der Waals surface area contributed by atoms with Gasteiger partial charge in [0.1, 0.15) is 0 Å². The quantitative estimate of drug-likeness (QED) is 0.580. The Kier molecular flexibility index (Phi) is 2.62. The van der Waals surface area contributed by atoms with Crippen LogP contribution >= 0.6 is 0 Å². The van der Waals surface area contributed by atoms with Gasteiger partial charge in [0.25, 0.3) is 0 Å². The van der Waals surface area contributed by atoms with Gasteiger partial charge < -0.3 is 16.6 Å². The Morgan fingerprint density at radius 3 is 2.75 bits per heavy atom. The van der Waals surface area contributed by atoms with Crippen molar-refractivity contribution >= 4 is 5.69 Å². The molecule has 12 heavy (non-hydrogen) atoms. The molecule has 4 nitrogen and oxygen atoms in total. The topological polar surface area (TPSA) is 85.2 Å². The first-order valence-corrected chi connectivity index (χ1v) is 3.76. The molecule has 0 radical (unpaired) electrons. The van der Waals surface area contributed by atoms with Crippen LogP contribution in [0.25, 0.3) is 0 Å². The third-order valence-electron chi connectivity index (χ3n) is 1.77. The Bertz CT molecular complexity index is 262. The summed E-state index contributed by atoms with van der Waals surface area (Å²) in [6, 6.07) is 1.20. The number of nitrogens with two attached hydrogens (primary N) is 2. The summed E-state index contributed by atoms with van der Waals surface area (Å²) in [5.74, 6) is 0. The van der Waals surface area contributed by atoms with E-state index in [1.165, 1.54) is 0 Å². The summed E-state index contributed by atoms with van der Waals surface area (Å²) in [5, 5.41) is 9.19. The van der Waals surface area contributed by atoms with E-state index < -0.39 is 12.1 Å². The first kappa shape index (κ1) is 8.96. The number of nitrogen functional groups attached to an aromatic ring is 1. The number of aliphatic hydroxyl groups is 1. The molecule has 0 aliphatic heterocycles. The second kappa shape index (κ2) is 3.51. The molecule has 1 rings (SSSR count). The third kappa shape index (κ3) is 1.72. The molecule has 0 unspecified atom stereocenters. The lowest BCUT2D eigenvalue weighted by molar-refractivity contribution is 0.164. The van der Waals surface area contributed by atoms with E-state index in [1.54, 1.807) is 25.4 Å². The van der Waals surface area contributed by atoms with E-state index >= 15 is 0 Å². The molecule has 0 saturated carbocycles. The Morgan fingerprint density at radius 1 is 1.58 bits per heavy atom. The second-order valence-corrected chi connectivity index (χ2v) is 2.77. The molecule has 0 aliphatic carbocycles. The largest absolute Gasteiger partial charge is 0.398 e. The highest BCUT2D eigenvalue weighted by Gasteiger charge is 2.14. The highest BCUT2D eigenvalue weighted by Crippen LogP contribution is 2.18. The van der Waals surface area contributed by atoms with E-state index in [4.69, 9.17) is 11.5 Å². The van der Waals surface area contributed by atoms with Crippen LogP contribution in [0.4, 0.5) is 5.69 Å². The van der Waals surface area contributed by atoms with Gasteiger partial charge in [-0.15, -0.1) is 0 Å². The standard InChI is InChI=1S/C8H13N3O/c1-5(12)8(10)6-4-11-3-2-7(6)9/h2-5,8,12H,10H2,1H3,(H2,9,11)/t5-,8+/m0/s1. The van der Waals surface area contributed by atoms with Crippen molar-refractivity contribution in [2.45, 2.75) is 19.1 Å². The zero-order valence-corrected chi connectivity index (χ0v) is 6.94. The predicted molar refractivity (Wildman–Crippen MR) is 47.3 cm³/mol. The van der Waals surface area contributed by atoms with Crippen LogP contribution in [0.2, 0.25) is 0 Å². The second-order valence-electron chi connectivity index (χ2n) is 2.77. The van der Waals surface area contributed by atoms with E-state index in [1.807, 2.05) is 0 Å². The highest BCUT2D eigenvalue weighted by atomic mass is 16.3. The van der Waals surface area contributed by atoms with Gasteiger partial charge in [-0.25, -0.2) is 0 Å². The molecule has 0 fully saturated rings. The first-order chi connectivity index (χ1) is 5.63. The van der Waals surface area contributed by atoms with Crippen molar-refractivity contribution in [1.29, 1.82) is 0 Å². The van der Waals surface area contributed by atoms with Crippen molar-refractivity contribution in [2.24, 2.45) is 5.73 Å². The Hall–Kier alpha value is -1.13. The number of hydrogen-bond donors (Lipinski definition) is 3. The molecule has 1 heterocycles. The van der Waals surface area contributed by atoms with E-state index in [9.17, 15) is 5.11 Å². The molecule has 2 atom stereocenters. The Morgan fingerprint density at radius 2 is 2.25 bits per heavy atom. The number of rotatable bonds is 2. The van der Waals surface area contributed by atoms with Gasteiger partial charge in [-0.05, 0) is 13.0 Å². The van der Waals surface area contributed by atoms with Crippen molar-refractivity contribution in [3.8, 4) is 0 Å². The van der Waals surface area contributed by atoms with E-state index in [-0.39, 0.29) is 0 Å². The lowest BCUT2D eigenvalue weighted by Gasteiger charge is -2.15. The van der Waals surface area contributed by atoms with Crippen LogP contribution in [0.1, 0.15) is 18.5 Å². The molecular weight excluding hydrogens is 154 g/mol. The maximum Gasteiger partial charge on any atom is 0.0706 e. The molecule has 0 bridgehead atoms. The van der Waals surface area contributed by atoms with E-state index in [0.29, 0.717) is 11.3 Å². The summed E-state index contributed by atoms with van der Waals surface area (Å²) in [7, 11) is 0. The maximum absolute atomic E-state index is 9.19. The minimum atomic E-state index is -0.614. The van der Waals surface area contributed by atoms with E-state index in [0.717, 1.165) is 0 Å². The van der Waals surface area contributed by atoms with Crippen LogP contribution in [0.5, 0.6) is 0 Å². The fraction of sp³-hybridized carbons (Fsp3) is 0.375. The number of aliphatic hydroxyl groups excluding tert-OH is 1. The normalized spacial score (nSPS) is 15.6. The van der Waals surface area contributed by atoms with Gasteiger partial charge in [-0.3, -0.25) is 4.98 Å². The van der Waals surface area contributed by atoms with Crippen molar-refractivity contribution in [3.05, 3.63) is 24.0 Å². The van der Waals surface area contributed by atoms with Crippen LogP contribution in [-0.2, 0) is 0 Å². The molecule has 1 aromatic heterocycles. The van der Waals surface area contributed by atoms with E-state index in [2.05, 4.69) is 4.98 Å². The van der Waals surface area contributed by atoms with Crippen molar-refractivity contribution in [3.63, 3.8) is 0 Å². The summed E-state index contributed by atoms with van der Waals surface area (Å²) in [4.78, 5) is 3.88. The predicted octanol–water partition coefficient (Wildman–Crippen LogP) is 0.0444. The summed E-state index contributed by atoms with van der Waals surface area (Å²) < 4.78 is 0. The fourth-order valence-corrected chi connectivity index (χ4v) is 0.956. The Labute approximate surface area is 71.2 Å². The SMILES string of the molecule is C[C@H](O)[C@@H](N)c1cnccc1N. The van der Waals surface area contributed by atoms with Gasteiger partial charge in [-0.1, -0.05) is 0 Å². The number of pyridine rings is 1. The van der Waals surface area contributed by atoms with Gasteiger partial charge in [0, 0.05) is 23.6 Å². The molecule has 0 saturated heterocycles. The number of nitrogens with zero attached hydrogens (tertiary/aromatic N) is 1. The summed E-state index contributed by atoms with van der Waals surface area (Å²) in [5.41, 5.74) is 12.6. The average Bonchev–Trinajstić information content (AvgIpc) is 2.04. The summed E-state index contributed by atoms with van der Waals surface area (Å²) in [6.45, 7) is 1.62. The van der Waals surface area contributed by atoms with Crippen LogP contribution in [-0.4, -0.2) is 16.2 Å². The summed E-state index contributed by atoms with van der Waals surface area (Å²) >= 11 is 0. The number of hydrogen-bond acceptors (Lipinski definition) is 4. The highest BCUT2D eigenvalue weighted by molar-refractivity contribution is 5.46. The van der Waals surface area contributed by atoms with Crippen LogP contribution in [0.15, 0.2) is 18.5 Å². The van der Waals surface area contributed by atoms with Crippen LogP contribution in [0.3, 0.4) is 0 Å². The van der Waals surface area contributed by atoms with Gasteiger partial charge in [0.2, 0.25) is 0 Å². The van der Waals surface area contributed by atoms with Gasteiger partial charge in [0.15, 0.2) is 0 Å². The van der Waals surface area contributed by atoms with Crippen molar-refractivity contribution in [1.82, 2.24) is 4.98 Å². The average molecular weight is 167 g/mol. The molecule has 0 aromatic carbocycles. The minimum Gasteiger partial charge on any atom is -0.398 e.